The van der Waals surface area contributed by atoms with Crippen LogP contribution in [0.15, 0.2) is 0 Å². The van der Waals surface area contributed by atoms with Gasteiger partial charge < -0.3 is 20.4 Å². The van der Waals surface area contributed by atoms with E-state index in [-0.39, 0.29) is 18.9 Å². The van der Waals surface area contributed by atoms with Gasteiger partial charge in [-0.25, -0.2) is 0 Å². The number of carboxylic acids is 1. The first kappa shape index (κ1) is 15.9. The van der Waals surface area contributed by atoms with Crippen LogP contribution in [0.1, 0.15) is 26.7 Å². The first-order valence-corrected chi connectivity index (χ1v) is 5.89. The van der Waals surface area contributed by atoms with Crippen molar-refractivity contribution in [2.75, 3.05) is 26.2 Å². The molecule has 0 saturated heterocycles. The molecule has 0 fully saturated rings. The Morgan fingerprint density at radius 1 is 1.29 bits per heavy atom. The van der Waals surface area contributed by atoms with Gasteiger partial charge in [-0.3, -0.25) is 9.59 Å². The first-order chi connectivity index (χ1) is 8.01. The standard InChI is InChI=1S/C11H22N2O4/c1-3-13(4-2)10(15)5-6-12-8-9(14)7-11(16)17/h9,12,14H,3-8H2,1-2H3,(H,16,17). The summed E-state index contributed by atoms with van der Waals surface area (Å²) < 4.78 is 0. The molecule has 0 aromatic carbocycles. The minimum atomic E-state index is -1.03. The molecule has 0 rings (SSSR count). The molecule has 0 aliphatic rings. The molecule has 0 bridgehead atoms. The molecule has 0 aromatic heterocycles. The lowest BCUT2D eigenvalue weighted by Gasteiger charge is -2.18. The number of aliphatic hydroxyl groups is 1. The largest absolute Gasteiger partial charge is 0.481 e. The van der Waals surface area contributed by atoms with Gasteiger partial charge in [0.25, 0.3) is 0 Å². The smallest absolute Gasteiger partial charge is 0.306 e. The van der Waals surface area contributed by atoms with Crippen molar-refractivity contribution in [3.8, 4) is 0 Å². The highest BCUT2D eigenvalue weighted by atomic mass is 16.4. The monoisotopic (exact) mass is 246 g/mol. The number of aliphatic hydroxyl groups excluding tert-OH is 1. The highest BCUT2D eigenvalue weighted by molar-refractivity contribution is 5.76. The molecule has 1 atom stereocenters. The van der Waals surface area contributed by atoms with Crippen molar-refractivity contribution in [1.29, 1.82) is 0 Å². The number of hydrogen-bond acceptors (Lipinski definition) is 4. The van der Waals surface area contributed by atoms with Gasteiger partial charge in [-0.15, -0.1) is 0 Å². The fourth-order valence-electron chi connectivity index (χ4n) is 1.47. The van der Waals surface area contributed by atoms with Crippen LogP contribution in [-0.2, 0) is 9.59 Å². The molecule has 1 unspecified atom stereocenters. The summed E-state index contributed by atoms with van der Waals surface area (Å²) in [6.45, 7) is 5.87. The Labute approximate surface area is 102 Å². The Hall–Kier alpha value is -1.14. The van der Waals surface area contributed by atoms with Gasteiger partial charge in [0.15, 0.2) is 0 Å². The van der Waals surface area contributed by atoms with Crippen molar-refractivity contribution >= 4 is 11.9 Å². The molecule has 1 amide bonds. The van der Waals surface area contributed by atoms with E-state index in [4.69, 9.17) is 5.11 Å². The zero-order valence-electron chi connectivity index (χ0n) is 10.5. The van der Waals surface area contributed by atoms with Gasteiger partial charge in [0, 0.05) is 32.6 Å². The molecule has 0 aromatic rings. The average Bonchev–Trinajstić information content (AvgIpc) is 2.25. The maximum absolute atomic E-state index is 11.6. The zero-order chi connectivity index (χ0) is 13.3. The second-order valence-electron chi connectivity index (χ2n) is 3.77. The molecule has 0 spiro atoms. The third-order valence-electron chi connectivity index (χ3n) is 2.42. The minimum Gasteiger partial charge on any atom is -0.481 e. The van der Waals surface area contributed by atoms with Crippen LogP contribution in [-0.4, -0.2) is 59.3 Å². The molecule has 0 saturated carbocycles. The summed E-state index contributed by atoms with van der Waals surface area (Å²) in [5.41, 5.74) is 0. The zero-order valence-corrected chi connectivity index (χ0v) is 10.5. The highest BCUT2D eigenvalue weighted by Crippen LogP contribution is 1.93. The summed E-state index contributed by atoms with van der Waals surface area (Å²) in [5, 5.41) is 20.5. The van der Waals surface area contributed by atoms with Crippen LogP contribution in [0.4, 0.5) is 0 Å². The van der Waals surface area contributed by atoms with Crippen LogP contribution >= 0.6 is 0 Å². The fourth-order valence-corrected chi connectivity index (χ4v) is 1.47. The van der Waals surface area contributed by atoms with E-state index in [1.54, 1.807) is 4.90 Å². The average molecular weight is 246 g/mol. The van der Waals surface area contributed by atoms with Crippen molar-refractivity contribution in [2.45, 2.75) is 32.8 Å². The third-order valence-corrected chi connectivity index (χ3v) is 2.42. The third kappa shape index (κ3) is 7.70. The number of amides is 1. The van der Waals surface area contributed by atoms with Gasteiger partial charge >= 0.3 is 5.97 Å². The molecular formula is C11H22N2O4. The summed E-state index contributed by atoms with van der Waals surface area (Å²) in [6, 6.07) is 0. The lowest BCUT2D eigenvalue weighted by atomic mass is 10.2. The topological polar surface area (TPSA) is 89.9 Å². The molecule has 0 heterocycles. The van der Waals surface area contributed by atoms with E-state index in [0.29, 0.717) is 26.1 Å². The van der Waals surface area contributed by atoms with Gasteiger partial charge in [-0.05, 0) is 13.8 Å². The SMILES string of the molecule is CCN(CC)C(=O)CCNCC(O)CC(=O)O. The summed E-state index contributed by atoms with van der Waals surface area (Å²) in [7, 11) is 0. The highest BCUT2D eigenvalue weighted by Gasteiger charge is 2.11. The summed E-state index contributed by atoms with van der Waals surface area (Å²) in [6.07, 6.45) is -0.825. The Bertz CT molecular complexity index is 242. The van der Waals surface area contributed by atoms with Gasteiger partial charge in [0.1, 0.15) is 0 Å². The lowest BCUT2D eigenvalue weighted by Crippen LogP contribution is -2.35. The van der Waals surface area contributed by atoms with Crippen LogP contribution < -0.4 is 5.32 Å². The number of nitrogens with one attached hydrogen (secondary N) is 1. The summed E-state index contributed by atoms with van der Waals surface area (Å²) in [5.74, 6) is -0.964. The van der Waals surface area contributed by atoms with Gasteiger partial charge in [0.2, 0.25) is 5.91 Å². The Kier molecular flexibility index (Phi) is 8.35. The van der Waals surface area contributed by atoms with E-state index in [9.17, 15) is 14.7 Å². The number of aliphatic carboxylic acids is 1. The molecule has 6 nitrogen and oxygen atoms in total. The van der Waals surface area contributed by atoms with Crippen LogP contribution in [0.2, 0.25) is 0 Å². The molecule has 0 aliphatic carbocycles. The van der Waals surface area contributed by atoms with Crippen molar-refractivity contribution in [3.05, 3.63) is 0 Å². The molecule has 6 heteroatoms. The van der Waals surface area contributed by atoms with Crippen LogP contribution in [0.25, 0.3) is 0 Å². The maximum Gasteiger partial charge on any atom is 0.306 e. The number of nitrogens with zero attached hydrogens (tertiary/aromatic N) is 1. The maximum atomic E-state index is 11.6. The second kappa shape index (κ2) is 8.95. The van der Waals surface area contributed by atoms with E-state index in [0.717, 1.165) is 0 Å². The van der Waals surface area contributed by atoms with E-state index in [1.165, 1.54) is 0 Å². The van der Waals surface area contributed by atoms with Crippen molar-refractivity contribution in [2.24, 2.45) is 0 Å². The van der Waals surface area contributed by atoms with Gasteiger partial charge in [0.05, 0.1) is 12.5 Å². The quantitative estimate of drug-likeness (QED) is 0.485. The van der Waals surface area contributed by atoms with E-state index < -0.39 is 12.1 Å². The molecule has 0 aliphatic heterocycles. The van der Waals surface area contributed by atoms with Crippen LogP contribution in [0, 0.1) is 0 Å². The van der Waals surface area contributed by atoms with Crippen LogP contribution in [0.3, 0.4) is 0 Å². The number of rotatable bonds is 9. The molecule has 3 N–H and O–H groups in total. The molecule has 0 radical (unpaired) electrons. The lowest BCUT2D eigenvalue weighted by molar-refractivity contribution is -0.139. The minimum absolute atomic E-state index is 0.0650. The Morgan fingerprint density at radius 2 is 1.88 bits per heavy atom. The van der Waals surface area contributed by atoms with E-state index in [2.05, 4.69) is 5.32 Å². The van der Waals surface area contributed by atoms with Crippen molar-refractivity contribution in [3.63, 3.8) is 0 Å². The van der Waals surface area contributed by atoms with Crippen molar-refractivity contribution in [1.82, 2.24) is 10.2 Å². The Morgan fingerprint density at radius 3 is 2.35 bits per heavy atom. The number of hydrogen-bond donors (Lipinski definition) is 3. The van der Waals surface area contributed by atoms with Gasteiger partial charge in [-0.2, -0.15) is 0 Å². The predicted octanol–water partition coefficient (Wildman–Crippen LogP) is -0.330. The van der Waals surface area contributed by atoms with Crippen molar-refractivity contribution < 1.29 is 19.8 Å². The molecular weight excluding hydrogens is 224 g/mol. The Balaban J connectivity index is 3.63. The number of carbonyl (C=O) groups is 2. The molecule has 100 valence electrons. The van der Waals surface area contributed by atoms with Crippen LogP contribution in [0.5, 0.6) is 0 Å². The molecule has 17 heavy (non-hydrogen) atoms. The van der Waals surface area contributed by atoms with Gasteiger partial charge in [-0.1, -0.05) is 0 Å². The normalized spacial score (nSPS) is 12.2. The second-order valence-corrected chi connectivity index (χ2v) is 3.77. The summed E-state index contributed by atoms with van der Waals surface area (Å²) in [4.78, 5) is 23.6. The van der Waals surface area contributed by atoms with E-state index >= 15 is 0 Å². The number of carboxylic acid groups (broad SMARTS) is 1. The predicted molar refractivity (Wildman–Crippen MR) is 63.7 cm³/mol. The fraction of sp³-hybridized carbons (Fsp3) is 0.818. The summed E-state index contributed by atoms with van der Waals surface area (Å²) >= 11 is 0. The number of carbonyl (C=O) groups excluding carboxylic acids is 1. The van der Waals surface area contributed by atoms with E-state index in [1.807, 2.05) is 13.8 Å². The first-order valence-electron chi connectivity index (χ1n) is 5.89.